The summed E-state index contributed by atoms with van der Waals surface area (Å²) in [4.78, 5) is 0.0346. The van der Waals surface area contributed by atoms with Crippen LogP contribution in [0.2, 0.25) is 0 Å². The monoisotopic (exact) mass is 420 g/mol. The van der Waals surface area contributed by atoms with Gasteiger partial charge >= 0.3 is 0 Å². The first-order valence-electron chi connectivity index (χ1n) is 8.68. The second-order valence-electron chi connectivity index (χ2n) is 6.40. The molecular formula is C21H16N4O2S2. The van der Waals surface area contributed by atoms with Gasteiger partial charge in [0.05, 0.1) is 34.5 Å². The van der Waals surface area contributed by atoms with Gasteiger partial charge in [-0.25, -0.2) is 18.2 Å². The summed E-state index contributed by atoms with van der Waals surface area (Å²) in [6.07, 6.45) is 0.183. The summed E-state index contributed by atoms with van der Waals surface area (Å²) in [6, 6.07) is 20.3. The predicted molar refractivity (Wildman–Crippen MR) is 113 cm³/mol. The van der Waals surface area contributed by atoms with Gasteiger partial charge in [0.25, 0.3) is 0 Å². The molecule has 144 valence electrons. The van der Waals surface area contributed by atoms with E-state index in [4.69, 9.17) is 10.4 Å². The molecule has 8 heteroatoms. The van der Waals surface area contributed by atoms with Crippen LogP contribution in [0.4, 0.5) is 0 Å². The number of thiophene rings is 1. The lowest BCUT2D eigenvalue weighted by atomic mass is 10.0. The molecule has 2 N–H and O–H groups in total. The highest BCUT2D eigenvalue weighted by Gasteiger charge is 2.14. The van der Waals surface area contributed by atoms with Crippen molar-refractivity contribution in [3.63, 3.8) is 0 Å². The first kappa shape index (κ1) is 19.1. The maximum absolute atomic E-state index is 11.5. The quantitative estimate of drug-likeness (QED) is 0.527. The van der Waals surface area contributed by atoms with Crippen molar-refractivity contribution in [2.45, 2.75) is 11.3 Å². The van der Waals surface area contributed by atoms with Gasteiger partial charge in [-0.1, -0.05) is 24.3 Å². The number of primary sulfonamides is 1. The lowest BCUT2D eigenvalue weighted by Crippen LogP contribution is -2.12. The lowest BCUT2D eigenvalue weighted by Gasteiger charge is -2.09. The fourth-order valence-corrected chi connectivity index (χ4v) is 4.22. The molecule has 29 heavy (non-hydrogen) atoms. The van der Waals surface area contributed by atoms with E-state index in [1.165, 1.54) is 17.7 Å². The zero-order valence-corrected chi connectivity index (χ0v) is 16.8. The smallest absolute Gasteiger partial charge is 0.233 e. The standard InChI is InChI=1S/C21H16N4O2S2/c22-11-9-18-13-21(16-3-1-15(2-4-16)17-10-12-28-14-17)25(24-18)19-5-7-20(8-6-19)29(23,26)27/h1-8,10,12-14H,9H2,(H2,23,26,27). The molecule has 0 radical (unpaired) electrons. The zero-order valence-electron chi connectivity index (χ0n) is 15.2. The van der Waals surface area contributed by atoms with Gasteiger partial charge in [-0.05, 0) is 58.3 Å². The predicted octanol–water partition coefficient (Wildman–Crippen LogP) is 3.98. The van der Waals surface area contributed by atoms with Crippen LogP contribution in [0.25, 0.3) is 28.1 Å². The third-order valence-electron chi connectivity index (χ3n) is 4.47. The summed E-state index contributed by atoms with van der Waals surface area (Å²) >= 11 is 1.65. The maximum atomic E-state index is 11.5. The molecule has 2 aromatic heterocycles. The minimum absolute atomic E-state index is 0.0346. The van der Waals surface area contributed by atoms with Crippen LogP contribution in [0.15, 0.2) is 76.3 Å². The highest BCUT2D eigenvalue weighted by Crippen LogP contribution is 2.28. The molecule has 0 saturated heterocycles. The summed E-state index contributed by atoms with van der Waals surface area (Å²) < 4.78 is 24.7. The van der Waals surface area contributed by atoms with E-state index in [0.717, 1.165) is 16.8 Å². The van der Waals surface area contributed by atoms with E-state index in [-0.39, 0.29) is 11.3 Å². The topological polar surface area (TPSA) is 102 Å². The van der Waals surface area contributed by atoms with Gasteiger partial charge in [-0.2, -0.15) is 21.7 Å². The molecule has 0 saturated carbocycles. The van der Waals surface area contributed by atoms with Gasteiger partial charge in [0.1, 0.15) is 0 Å². The summed E-state index contributed by atoms with van der Waals surface area (Å²) in [5, 5.41) is 22.9. The van der Waals surface area contributed by atoms with Gasteiger partial charge in [-0.15, -0.1) is 0 Å². The number of rotatable bonds is 5. The molecule has 0 aliphatic heterocycles. The molecule has 4 rings (SSSR count). The Balaban J connectivity index is 1.76. The fourth-order valence-electron chi connectivity index (χ4n) is 3.04. The molecule has 6 nitrogen and oxygen atoms in total. The highest BCUT2D eigenvalue weighted by atomic mass is 32.2. The van der Waals surface area contributed by atoms with Crippen molar-refractivity contribution < 1.29 is 8.42 Å². The van der Waals surface area contributed by atoms with E-state index in [1.54, 1.807) is 28.2 Å². The molecule has 2 heterocycles. The fraction of sp³-hybridized carbons (Fsp3) is 0.0476. The highest BCUT2D eigenvalue weighted by molar-refractivity contribution is 7.89. The van der Waals surface area contributed by atoms with Crippen LogP contribution in [0.1, 0.15) is 5.69 Å². The first-order chi connectivity index (χ1) is 14.0. The van der Waals surface area contributed by atoms with Gasteiger partial charge in [0.15, 0.2) is 0 Å². The molecule has 0 fully saturated rings. The van der Waals surface area contributed by atoms with Crippen LogP contribution < -0.4 is 5.14 Å². The van der Waals surface area contributed by atoms with Gasteiger partial charge in [-0.3, -0.25) is 0 Å². The Morgan fingerprint density at radius 3 is 2.28 bits per heavy atom. The van der Waals surface area contributed by atoms with Crippen molar-refractivity contribution in [2.24, 2.45) is 5.14 Å². The van der Waals surface area contributed by atoms with E-state index in [2.05, 4.69) is 22.6 Å². The van der Waals surface area contributed by atoms with Crippen LogP contribution in [-0.2, 0) is 16.4 Å². The SMILES string of the molecule is N#CCc1cc(-c2ccc(-c3ccsc3)cc2)n(-c2ccc(S(N)(=O)=O)cc2)n1. The molecule has 0 aliphatic rings. The average Bonchev–Trinajstić information content (AvgIpc) is 3.38. The van der Waals surface area contributed by atoms with E-state index in [1.807, 2.05) is 35.7 Å². The molecule has 0 unspecified atom stereocenters. The summed E-state index contributed by atoms with van der Waals surface area (Å²) in [6.45, 7) is 0. The van der Waals surface area contributed by atoms with Crippen LogP contribution in [0.3, 0.4) is 0 Å². The van der Waals surface area contributed by atoms with Crippen molar-refractivity contribution in [1.29, 1.82) is 5.26 Å². The Morgan fingerprint density at radius 1 is 1.00 bits per heavy atom. The van der Waals surface area contributed by atoms with Gasteiger partial charge < -0.3 is 0 Å². The number of hydrogen-bond acceptors (Lipinski definition) is 5. The summed E-state index contributed by atoms with van der Waals surface area (Å²) in [5.41, 5.74) is 5.36. The number of nitrogens with two attached hydrogens (primary N) is 1. The van der Waals surface area contributed by atoms with Gasteiger partial charge in [0, 0.05) is 5.56 Å². The van der Waals surface area contributed by atoms with Crippen molar-refractivity contribution in [3.8, 4) is 34.1 Å². The second kappa shape index (κ2) is 7.64. The Hall–Kier alpha value is -3.25. The summed E-state index contributed by atoms with van der Waals surface area (Å²) in [7, 11) is -3.77. The molecule has 0 atom stereocenters. The van der Waals surface area contributed by atoms with Crippen molar-refractivity contribution in [2.75, 3.05) is 0 Å². The third kappa shape index (κ3) is 3.98. The Kier molecular flexibility index (Phi) is 5.03. The lowest BCUT2D eigenvalue weighted by molar-refractivity contribution is 0.598. The number of hydrogen-bond donors (Lipinski definition) is 1. The molecule has 2 aromatic carbocycles. The molecule has 0 bridgehead atoms. The second-order valence-corrected chi connectivity index (χ2v) is 8.74. The Morgan fingerprint density at radius 2 is 1.69 bits per heavy atom. The number of benzene rings is 2. The molecule has 0 spiro atoms. The Labute approximate surface area is 172 Å². The van der Waals surface area contributed by atoms with E-state index < -0.39 is 10.0 Å². The van der Waals surface area contributed by atoms with Crippen LogP contribution >= 0.6 is 11.3 Å². The minimum Gasteiger partial charge on any atom is -0.233 e. The van der Waals surface area contributed by atoms with Crippen LogP contribution in [-0.4, -0.2) is 18.2 Å². The van der Waals surface area contributed by atoms with E-state index in [9.17, 15) is 8.42 Å². The van der Waals surface area contributed by atoms with Crippen molar-refractivity contribution >= 4 is 21.4 Å². The number of nitrogens with zero attached hydrogens (tertiary/aromatic N) is 3. The number of sulfonamides is 1. The van der Waals surface area contributed by atoms with Crippen molar-refractivity contribution in [1.82, 2.24) is 9.78 Å². The first-order valence-corrected chi connectivity index (χ1v) is 11.2. The largest absolute Gasteiger partial charge is 0.238 e. The molecule has 0 aliphatic carbocycles. The molecular weight excluding hydrogens is 404 g/mol. The van der Waals surface area contributed by atoms with Gasteiger partial charge in [0.2, 0.25) is 10.0 Å². The molecule has 0 amide bonds. The zero-order chi connectivity index (χ0) is 20.4. The number of aromatic nitrogens is 2. The van der Waals surface area contributed by atoms with E-state index in [0.29, 0.717) is 11.4 Å². The molecule has 4 aromatic rings. The third-order valence-corrected chi connectivity index (χ3v) is 6.08. The summed E-state index contributed by atoms with van der Waals surface area (Å²) in [5.74, 6) is 0. The average molecular weight is 421 g/mol. The normalized spacial score (nSPS) is 11.3. The van der Waals surface area contributed by atoms with Crippen LogP contribution in [0.5, 0.6) is 0 Å². The van der Waals surface area contributed by atoms with Crippen LogP contribution in [0, 0.1) is 11.3 Å². The number of nitriles is 1. The maximum Gasteiger partial charge on any atom is 0.238 e. The van der Waals surface area contributed by atoms with Crippen molar-refractivity contribution in [3.05, 3.63) is 77.1 Å². The Bertz CT molecular complexity index is 1280. The van der Waals surface area contributed by atoms with E-state index >= 15 is 0 Å². The minimum atomic E-state index is -3.77.